The smallest absolute Gasteiger partial charge is 0.267 e. The molecule has 0 saturated heterocycles. The number of hydrogen-bond acceptors (Lipinski definition) is 6. The van der Waals surface area contributed by atoms with E-state index in [9.17, 15) is 18.5 Å². The van der Waals surface area contributed by atoms with Crippen molar-refractivity contribution in [3.63, 3.8) is 0 Å². The number of aromatic nitrogens is 2. The van der Waals surface area contributed by atoms with Gasteiger partial charge in [-0.15, -0.1) is 0 Å². The van der Waals surface area contributed by atoms with Crippen LogP contribution in [-0.4, -0.2) is 35.5 Å². The number of rotatable bonds is 4. The molecule has 18 heavy (non-hydrogen) atoms. The first-order chi connectivity index (χ1) is 8.35. The summed E-state index contributed by atoms with van der Waals surface area (Å²) in [5.41, 5.74) is -0.0671. The van der Waals surface area contributed by atoms with Crippen LogP contribution in [0.3, 0.4) is 0 Å². The summed E-state index contributed by atoms with van der Waals surface area (Å²) < 4.78 is 28.4. The van der Waals surface area contributed by atoms with E-state index in [4.69, 9.17) is 4.18 Å². The average Bonchev–Trinajstić information content (AvgIpc) is 2.81. The van der Waals surface area contributed by atoms with Gasteiger partial charge in [-0.2, -0.15) is 13.5 Å². The van der Waals surface area contributed by atoms with Gasteiger partial charge < -0.3 is 0 Å². The van der Waals surface area contributed by atoms with Crippen molar-refractivity contribution >= 4 is 15.8 Å². The van der Waals surface area contributed by atoms with Crippen molar-refractivity contribution < 1.29 is 17.5 Å². The molecule has 0 amide bonds. The maximum absolute atomic E-state index is 11.0. The second-order valence-electron chi connectivity index (χ2n) is 4.32. The van der Waals surface area contributed by atoms with Gasteiger partial charge in [0, 0.05) is 0 Å². The lowest BCUT2D eigenvalue weighted by Gasteiger charge is -2.11. The zero-order valence-corrected chi connectivity index (χ0v) is 10.5. The van der Waals surface area contributed by atoms with E-state index in [0.29, 0.717) is 19.3 Å². The van der Waals surface area contributed by atoms with Crippen molar-refractivity contribution in [2.24, 2.45) is 0 Å². The van der Waals surface area contributed by atoms with E-state index >= 15 is 0 Å². The van der Waals surface area contributed by atoms with Gasteiger partial charge >= 0.3 is 5.69 Å². The Morgan fingerprint density at radius 2 is 2.28 bits per heavy atom. The summed E-state index contributed by atoms with van der Waals surface area (Å²) in [7, 11) is -3.46. The summed E-state index contributed by atoms with van der Waals surface area (Å²) in [5, 5.41) is 14.4. The van der Waals surface area contributed by atoms with E-state index in [2.05, 4.69) is 5.10 Å². The summed E-state index contributed by atoms with van der Waals surface area (Å²) in [6.07, 6.45) is 4.97. The molecule has 1 aliphatic rings. The largest absolute Gasteiger partial charge is 0.307 e. The second-order valence-corrected chi connectivity index (χ2v) is 5.93. The molecule has 1 saturated carbocycles. The first-order valence-corrected chi connectivity index (χ1v) is 7.23. The molecule has 0 radical (unpaired) electrons. The molecule has 0 bridgehead atoms. The molecular formula is C9H13N3O5S. The van der Waals surface area contributed by atoms with E-state index in [0.717, 1.165) is 6.26 Å². The van der Waals surface area contributed by atoms with Gasteiger partial charge in [0.1, 0.15) is 12.4 Å². The molecule has 1 aromatic heterocycles. The van der Waals surface area contributed by atoms with Gasteiger partial charge in [0.25, 0.3) is 10.1 Å². The number of hydrogen-bond donors (Lipinski definition) is 0. The van der Waals surface area contributed by atoms with Crippen LogP contribution in [0.4, 0.5) is 5.69 Å². The Labute approximate surface area is 104 Å². The lowest BCUT2D eigenvalue weighted by Crippen LogP contribution is -2.15. The van der Waals surface area contributed by atoms with Crippen LogP contribution in [0.25, 0.3) is 0 Å². The van der Waals surface area contributed by atoms with Crippen LogP contribution in [0.5, 0.6) is 0 Å². The molecule has 0 N–H and O–H groups in total. The first-order valence-electron chi connectivity index (χ1n) is 5.42. The zero-order chi connectivity index (χ0) is 13.3. The number of nitrogens with zero attached hydrogens (tertiary/aromatic N) is 3. The monoisotopic (exact) mass is 275 g/mol. The molecule has 2 rings (SSSR count). The zero-order valence-electron chi connectivity index (χ0n) is 9.72. The van der Waals surface area contributed by atoms with E-state index in [1.165, 1.54) is 17.1 Å². The fourth-order valence-corrected chi connectivity index (χ4v) is 2.78. The minimum atomic E-state index is -3.46. The van der Waals surface area contributed by atoms with Gasteiger partial charge in [0.2, 0.25) is 0 Å². The fourth-order valence-electron chi connectivity index (χ4n) is 2.11. The molecule has 100 valence electrons. The Hall–Kier alpha value is -1.48. The predicted molar refractivity (Wildman–Crippen MR) is 61.5 cm³/mol. The Bertz CT molecular complexity index is 552. The highest BCUT2D eigenvalue weighted by Gasteiger charge is 2.30. The van der Waals surface area contributed by atoms with Gasteiger partial charge in [-0.25, -0.2) is 0 Å². The molecule has 1 aliphatic carbocycles. The van der Waals surface area contributed by atoms with Crippen LogP contribution in [0.15, 0.2) is 12.4 Å². The summed E-state index contributed by atoms with van der Waals surface area (Å²) in [6, 6.07) is -0.0505. The molecular weight excluding hydrogens is 262 g/mol. The van der Waals surface area contributed by atoms with Gasteiger partial charge in [0.15, 0.2) is 0 Å². The van der Waals surface area contributed by atoms with Crippen molar-refractivity contribution in [3.05, 3.63) is 22.5 Å². The highest BCUT2D eigenvalue weighted by atomic mass is 32.2. The van der Waals surface area contributed by atoms with E-state index in [-0.39, 0.29) is 17.8 Å². The normalized spacial score (nSPS) is 24.3. The fraction of sp³-hybridized carbons (Fsp3) is 0.667. The summed E-state index contributed by atoms with van der Waals surface area (Å²) in [6.45, 7) is 0. The standard InChI is InChI=1S/C9H13N3O5S/c1-18(15,16)17-9-3-2-7(4-9)11-6-8(5-10-11)12(13)14/h5-7,9H,2-4H2,1H3. The Balaban J connectivity index is 2.02. The molecule has 2 atom stereocenters. The van der Waals surface area contributed by atoms with Crippen molar-refractivity contribution in [1.82, 2.24) is 9.78 Å². The van der Waals surface area contributed by atoms with Gasteiger partial charge in [0.05, 0.1) is 23.3 Å². The van der Waals surface area contributed by atoms with Crippen molar-refractivity contribution in [1.29, 1.82) is 0 Å². The molecule has 1 fully saturated rings. The summed E-state index contributed by atoms with van der Waals surface area (Å²) in [4.78, 5) is 10.0. The third-order valence-corrected chi connectivity index (χ3v) is 3.46. The summed E-state index contributed by atoms with van der Waals surface area (Å²) in [5.74, 6) is 0. The van der Waals surface area contributed by atoms with Gasteiger partial charge in [-0.1, -0.05) is 0 Å². The quantitative estimate of drug-likeness (QED) is 0.458. The second kappa shape index (κ2) is 4.65. The maximum atomic E-state index is 11.0. The maximum Gasteiger partial charge on any atom is 0.307 e. The Kier molecular flexibility index (Phi) is 3.35. The van der Waals surface area contributed by atoms with E-state index in [1.54, 1.807) is 0 Å². The van der Waals surface area contributed by atoms with Gasteiger partial charge in [-0.3, -0.25) is 19.0 Å². The highest BCUT2D eigenvalue weighted by Crippen LogP contribution is 2.32. The van der Waals surface area contributed by atoms with E-state index in [1.807, 2.05) is 0 Å². The third-order valence-electron chi connectivity index (χ3n) is 2.84. The van der Waals surface area contributed by atoms with Crippen molar-refractivity contribution in [2.45, 2.75) is 31.4 Å². The molecule has 9 heteroatoms. The minimum Gasteiger partial charge on any atom is -0.267 e. The Morgan fingerprint density at radius 3 is 2.83 bits per heavy atom. The molecule has 1 heterocycles. The molecule has 8 nitrogen and oxygen atoms in total. The SMILES string of the molecule is CS(=O)(=O)OC1CCC(n2cc([N+](=O)[O-])cn2)C1. The van der Waals surface area contributed by atoms with Gasteiger partial charge in [-0.05, 0) is 19.3 Å². The lowest BCUT2D eigenvalue weighted by atomic mass is 10.2. The predicted octanol–water partition coefficient (Wildman–Crippen LogP) is 0.861. The van der Waals surface area contributed by atoms with Crippen molar-refractivity contribution in [2.75, 3.05) is 6.26 Å². The number of nitro groups is 1. The molecule has 0 aliphatic heterocycles. The van der Waals surface area contributed by atoms with E-state index < -0.39 is 15.0 Å². The molecule has 0 spiro atoms. The van der Waals surface area contributed by atoms with Crippen LogP contribution >= 0.6 is 0 Å². The first kappa shape index (κ1) is 13.0. The average molecular weight is 275 g/mol. The van der Waals surface area contributed by atoms with Crippen LogP contribution in [0.2, 0.25) is 0 Å². The lowest BCUT2D eigenvalue weighted by molar-refractivity contribution is -0.385. The molecule has 1 aromatic rings. The van der Waals surface area contributed by atoms with Crippen LogP contribution in [-0.2, 0) is 14.3 Å². The molecule has 0 aromatic carbocycles. The minimum absolute atomic E-state index is 0.0505. The molecule has 2 unspecified atom stereocenters. The van der Waals surface area contributed by atoms with Crippen molar-refractivity contribution in [3.8, 4) is 0 Å². The summed E-state index contributed by atoms with van der Waals surface area (Å²) >= 11 is 0. The van der Waals surface area contributed by atoms with Crippen LogP contribution < -0.4 is 0 Å². The Morgan fingerprint density at radius 1 is 1.56 bits per heavy atom. The third kappa shape index (κ3) is 3.05. The highest BCUT2D eigenvalue weighted by molar-refractivity contribution is 7.86. The van der Waals surface area contributed by atoms with Crippen LogP contribution in [0.1, 0.15) is 25.3 Å². The van der Waals surface area contributed by atoms with Crippen LogP contribution in [0, 0.1) is 10.1 Å². The topological polar surface area (TPSA) is 104 Å².